The molecule has 2 heterocycles. The lowest BCUT2D eigenvalue weighted by Gasteiger charge is -2.32. The number of likely N-dealkylation sites (tertiary alicyclic amines) is 1. The molecular weight excluding hydrogens is 441 g/mol. The van der Waals surface area contributed by atoms with E-state index in [-0.39, 0.29) is 11.7 Å². The summed E-state index contributed by atoms with van der Waals surface area (Å²) < 4.78 is 19.8. The van der Waals surface area contributed by atoms with Gasteiger partial charge in [-0.05, 0) is 68.1 Å². The van der Waals surface area contributed by atoms with Gasteiger partial charge < -0.3 is 9.73 Å². The fraction of sp³-hybridized carbons (Fsp3) is 0.310. The number of piperidine rings is 1. The Bertz CT molecular complexity index is 1280. The standard InChI is InChI=1S/C29H30FN3O2/c30-25-9-5-4-8-24(25)20-33-16-14-22(15-17-33)19-31-29(34)23-11-12-26-27(18-23)35-28(32-26)13-10-21-6-2-1-3-7-21/h1-9,11-12,18,22H,10,13-17,19-20H2,(H,31,34). The van der Waals surface area contributed by atoms with Gasteiger partial charge >= 0.3 is 0 Å². The van der Waals surface area contributed by atoms with E-state index in [1.165, 1.54) is 11.6 Å². The molecule has 1 fully saturated rings. The van der Waals surface area contributed by atoms with Crippen LogP contribution in [0.15, 0.2) is 77.2 Å². The predicted octanol–water partition coefficient (Wildman–Crippen LogP) is 5.39. The number of benzene rings is 3. The number of amides is 1. The Morgan fingerprint density at radius 3 is 2.57 bits per heavy atom. The van der Waals surface area contributed by atoms with Crippen LogP contribution >= 0.6 is 0 Å². The molecule has 4 aromatic rings. The minimum Gasteiger partial charge on any atom is -0.441 e. The van der Waals surface area contributed by atoms with Crippen molar-refractivity contribution in [2.45, 2.75) is 32.2 Å². The summed E-state index contributed by atoms with van der Waals surface area (Å²) in [7, 11) is 0. The van der Waals surface area contributed by atoms with Crippen LogP contribution in [-0.2, 0) is 19.4 Å². The van der Waals surface area contributed by atoms with Gasteiger partial charge in [0, 0.05) is 30.6 Å². The maximum absolute atomic E-state index is 13.9. The van der Waals surface area contributed by atoms with E-state index in [9.17, 15) is 9.18 Å². The first-order valence-corrected chi connectivity index (χ1v) is 12.3. The van der Waals surface area contributed by atoms with E-state index in [1.807, 2.05) is 36.4 Å². The topological polar surface area (TPSA) is 58.4 Å². The number of rotatable bonds is 8. The second-order valence-electron chi connectivity index (χ2n) is 9.30. The summed E-state index contributed by atoms with van der Waals surface area (Å²) in [5.74, 6) is 0.870. The minimum absolute atomic E-state index is 0.0945. The number of nitrogens with zero attached hydrogens (tertiary/aromatic N) is 2. The van der Waals surface area contributed by atoms with Crippen molar-refractivity contribution in [2.24, 2.45) is 5.92 Å². The van der Waals surface area contributed by atoms with Crippen molar-refractivity contribution in [3.05, 3.63) is 101 Å². The molecule has 1 aromatic heterocycles. The van der Waals surface area contributed by atoms with Crippen LogP contribution < -0.4 is 5.32 Å². The van der Waals surface area contributed by atoms with Gasteiger partial charge in [-0.3, -0.25) is 9.69 Å². The van der Waals surface area contributed by atoms with Crippen LogP contribution in [-0.4, -0.2) is 35.4 Å². The highest BCUT2D eigenvalue weighted by molar-refractivity contribution is 5.97. The average molecular weight is 472 g/mol. The Balaban J connectivity index is 1.10. The van der Waals surface area contributed by atoms with Gasteiger partial charge in [0.25, 0.3) is 5.91 Å². The van der Waals surface area contributed by atoms with Gasteiger partial charge in [-0.1, -0.05) is 48.5 Å². The molecule has 3 aromatic carbocycles. The molecule has 0 aliphatic carbocycles. The first kappa shape index (κ1) is 23.2. The number of fused-ring (bicyclic) bond motifs is 1. The van der Waals surface area contributed by atoms with Crippen molar-refractivity contribution in [1.82, 2.24) is 15.2 Å². The lowest BCUT2D eigenvalue weighted by molar-refractivity contribution is 0.0935. The zero-order chi connectivity index (χ0) is 24.0. The maximum Gasteiger partial charge on any atom is 0.251 e. The molecule has 35 heavy (non-hydrogen) atoms. The van der Waals surface area contributed by atoms with E-state index in [1.54, 1.807) is 18.2 Å². The minimum atomic E-state index is -0.145. The molecule has 0 radical (unpaired) electrons. The molecule has 1 amide bonds. The Labute approximate surface area is 205 Å². The summed E-state index contributed by atoms with van der Waals surface area (Å²) in [6.45, 7) is 3.09. The molecule has 0 bridgehead atoms. The van der Waals surface area contributed by atoms with Crippen LogP contribution in [0.25, 0.3) is 11.1 Å². The van der Waals surface area contributed by atoms with E-state index in [0.29, 0.717) is 36.0 Å². The third-order valence-corrected chi connectivity index (χ3v) is 6.78. The van der Waals surface area contributed by atoms with Crippen LogP contribution in [0.5, 0.6) is 0 Å². The maximum atomic E-state index is 13.9. The molecule has 5 nitrogen and oxygen atoms in total. The van der Waals surface area contributed by atoms with E-state index in [4.69, 9.17) is 4.42 Å². The summed E-state index contributed by atoms with van der Waals surface area (Å²) in [4.78, 5) is 19.6. The van der Waals surface area contributed by atoms with Crippen molar-refractivity contribution < 1.29 is 13.6 Å². The highest BCUT2D eigenvalue weighted by Crippen LogP contribution is 2.21. The van der Waals surface area contributed by atoms with Crippen LogP contribution in [0.1, 0.15) is 40.2 Å². The molecule has 5 rings (SSSR count). The molecule has 0 saturated carbocycles. The van der Waals surface area contributed by atoms with Gasteiger partial charge in [0.05, 0.1) is 0 Å². The predicted molar refractivity (Wildman–Crippen MR) is 135 cm³/mol. The number of aromatic nitrogens is 1. The second kappa shape index (κ2) is 10.8. The zero-order valence-electron chi connectivity index (χ0n) is 19.8. The SMILES string of the molecule is O=C(NCC1CCN(Cc2ccccc2F)CC1)c1ccc2nc(CCc3ccccc3)oc2c1. The molecule has 6 heteroatoms. The largest absolute Gasteiger partial charge is 0.441 e. The first-order valence-electron chi connectivity index (χ1n) is 12.3. The third-order valence-electron chi connectivity index (χ3n) is 6.78. The molecule has 1 saturated heterocycles. The smallest absolute Gasteiger partial charge is 0.251 e. The molecule has 1 aliphatic heterocycles. The number of nitrogens with one attached hydrogen (secondary N) is 1. The summed E-state index contributed by atoms with van der Waals surface area (Å²) in [5.41, 5.74) is 3.98. The van der Waals surface area contributed by atoms with Crippen molar-refractivity contribution in [1.29, 1.82) is 0 Å². The number of hydrogen-bond donors (Lipinski definition) is 1. The van der Waals surface area contributed by atoms with E-state index < -0.39 is 0 Å². The molecule has 180 valence electrons. The summed E-state index contributed by atoms with van der Waals surface area (Å²) in [6.07, 6.45) is 3.55. The van der Waals surface area contributed by atoms with Crippen LogP contribution in [0.4, 0.5) is 4.39 Å². The monoisotopic (exact) mass is 471 g/mol. The van der Waals surface area contributed by atoms with Crippen LogP contribution in [0, 0.1) is 11.7 Å². The number of aryl methyl sites for hydroxylation is 2. The lowest BCUT2D eigenvalue weighted by Crippen LogP contribution is -2.38. The molecule has 0 spiro atoms. The van der Waals surface area contributed by atoms with E-state index >= 15 is 0 Å². The zero-order valence-corrected chi connectivity index (χ0v) is 19.8. The number of carbonyl (C=O) groups excluding carboxylic acids is 1. The van der Waals surface area contributed by atoms with Crippen LogP contribution in [0.3, 0.4) is 0 Å². The lowest BCUT2D eigenvalue weighted by atomic mass is 9.96. The average Bonchev–Trinajstić information content (AvgIpc) is 3.31. The molecule has 0 unspecified atom stereocenters. The normalized spacial score (nSPS) is 14.9. The van der Waals surface area contributed by atoms with Gasteiger partial charge in [-0.2, -0.15) is 0 Å². The first-order chi connectivity index (χ1) is 17.1. The van der Waals surface area contributed by atoms with Crippen molar-refractivity contribution in [2.75, 3.05) is 19.6 Å². The van der Waals surface area contributed by atoms with E-state index in [2.05, 4.69) is 27.3 Å². The van der Waals surface area contributed by atoms with Gasteiger partial charge in [0.15, 0.2) is 11.5 Å². The Morgan fingerprint density at radius 1 is 1.00 bits per heavy atom. The molecule has 0 atom stereocenters. The third kappa shape index (κ3) is 5.95. The van der Waals surface area contributed by atoms with E-state index in [0.717, 1.165) is 49.9 Å². The second-order valence-corrected chi connectivity index (χ2v) is 9.30. The Hall–Kier alpha value is -3.51. The van der Waals surface area contributed by atoms with Crippen molar-refractivity contribution in [3.63, 3.8) is 0 Å². The number of carbonyl (C=O) groups is 1. The quantitative estimate of drug-likeness (QED) is 0.374. The number of oxazole rings is 1. The van der Waals surface area contributed by atoms with Gasteiger partial charge in [0.2, 0.25) is 0 Å². The molecular formula is C29H30FN3O2. The molecule has 1 N–H and O–H groups in total. The summed E-state index contributed by atoms with van der Waals surface area (Å²) in [5, 5.41) is 3.08. The van der Waals surface area contributed by atoms with Crippen LogP contribution in [0.2, 0.25) is 0 Å². The fourth-order valence-corrected chi connectivity index (χ4v) is 4.67. The molecule has 1 aliphatic rings. The van der Waals surface area contributed by atoms with Gasteiger partial charge in [0.1, 0.15) is 11.3 Å². The highest BCUT2D eigenvalue weighted by atomic mass is 19.1. The van der Waals surface area contributed by atoms with Gasteiger partial charge in [-0.15, -0.1) is 0 Å². The van der Waals surface area contributed by atoms with Gasteiger partial charge in [-0.25, -0.2) is 9.37 Å². The Kier molecular flexibility index (Phi) is 7.19. The van der Waals surface area contributed by atoms with Crippen molar-refractivity contribution >= 4 is 17.0 Å². The fourth-order valence-electron chi connectivity index (χ4n) is 4.67. The Morgan fingerprint density at radius 2 is 1.77 bits per heavy atom. The van der Waals surface area contributed by atoms with Crippen molar-refractivity contribution in [3.8, 4) is 0 Å². The highest BCUT2D eigenvalue weighted by Gasteiger charge is 2.21. The number of hydrogen-bond acceptors (Lipinski definition) is 4. The summed E-state index contributed by atoms with van der Waals surface area (Å²) in [6, 6.07) is 22.6. The summed E-state index contributed by atoms with van der Waals surface area (Å²) >= 11 is 0. The number of halogens is 1.